The molecule has 10 heteroatoms. The van der Waals surface area contributed by atoms with Gasteiger partial charge in [0.1, 0.15) is 0 Å². The van der Waals surface area contributed by atoms with Crippen LogP contribution >= 0.6 is 11.8 Å². The normalized spacial score (nSPS) is 11.1. The van der Waals surface area contributed by atoms with Crippen molar-refractivity contribution < 1.29 is 9.72 Å². The zero-order valence-corrected chi connectivity index (χ0v) is 18.9. The lowest BCUT2D eigenvalue weighted by molar-refractivity contribution is -0.385. The smallest absolute Gasteiger partial charge is 0.272 e. The summed E-state index contributed by atoms with van der Waals surface area (Å²) in [4.78, 5) is 40.8. The van der Waals surface area contributed by atoms with Crippen LogP contribution in [0.15, 0.2) is 87.8 Å². The van der Waals surface area contributed by atoms with E-state index in [0.29, 0.717) is 21.7 Å². The van der Waals surface area contributed by atoms with Crippen LogP contribution in [0.2, 0.25) is 0 Å². The number of nitrogens with one attached hydrogen (secondary N) is 1. The highest BCUT2D eigenvalue weighted by molar-refractivity contribution is 7.99. The number of amides is 1. The number of carbonyl (C=O) groups excluding carboxylic acids is 1. The van der Waals surface area contributed by atoms with Gasteiger partial charge in [-0.25, -0.2) is 10.4 Å². The van der Waals surface area contributed by atoms with E-state index in [1.54, 1.807) is 36.4 Å². The van der Waals surface area contributed by atoms with Crippen LogP contribution in [0.4, 0.5) is 5.69 Å². The number of nitro benzene ring substituents is 1. The Morgan fingerprint density at radius 3 is 2.59 bits per heavy atom. The first-order chi connectivity index (χ1) is 16.4. The summed E-state index contributed by atoms with van der Waals surface area (Å²) in [6.07, 6.45) is 1.22. The molecule has 0 fully saturated rings. The van der Waals surface area contributed by atoms with Gasteiger partial charge in [-0.05, 0) is 37.3 Å². The van der Waals surface area contributed by atoms with Gasteiger partial charge in [0.2, 0.25) is 0 Å². The third-order valence-electron chi connectivity index (χ3n) is 4.90. The fourth-order valence-electron chi connectivity index (χ4n) is 3.23. The molecule has 0 unspecified atom stereocenters. The molecule has 0 aliphatic rings. The van der Waals surface area contributed by atoms with Gasteiger partial charge < -0.3 is 0 Å². The summed E-state index contributed by atoms with van der Waals surface area (Å²) < 4.78 is 1.48. The predicted molar refractivity (Wildman–Crippen MR) is 132 cm³/mol. The minimum atomic E-state index is -0.519. The molecule has 0 saturated carbocycles. The van der Waals surface area contributed by atoms with Crippen molar-refractivity contribution in [3.63, 3.8) is 0 Å². The highest BCUT2D eigenvalue weighted by atomic mass is 32.2. The van der Waals surface area contributed by atoms with Gasteiger partial charge in [-0.3, -0.25) is 24.3 Å². The van der Waals surface area contributed by atoms with Gasteiger partial charge in [0, 0.05) is 6.07 Å². The van der Waals surface area contributed by atoms with E-state index in [9.17, 15) is 19.7 Å². The third kappa shape index (κ3) is 5.02. The van der Waals surface area contributed by atoms with Crippen molar-refractivity contribution >= 4 is 40.5 Å². The SMILES string of the molecule is Cc1ccc(-n2c(SCC(=O)N/N=C\c3ccccc3[N+](=O)[O-])nc3ccccc3c2=O)cc1. The van der Waals surface area contributed by atoms with Gasteiger partial charge in [0.15, 0.2) is 5.16 Å². The largest absolute Gasteiger partial charge is 0.278 e. The molecule has 0 aliphatic heterocycles. The molecule has 0 bridgehead atoms. The van der Waals surface area contributed by atoms with Crippen molar-refractivity contribution in [2.24, 2.45) is 5.10 Å². The summed E-state index contributed by atoms with van der Waals surface area (Å²) in [6.45, 7) is 1.95. The molecule has 170 valence electrons. The fourth-order valence-corrected chi connectivity index (χ4v) is 4.03. The number of thioether (sulfide) groups is 1. The Morgan fingerprint density at radius 1 is 1.12 bits per heavy atom. The molecule has 0 spiro atoms. The van der Waals surface area contributed by atoms with E-state index < -0.39 is 10.8 Å². The van der Waals surface area contributed by atoms with Crippen LogP contribution in [-0.2, 0) is 4.79 Å². The third-order valence-corrected chi connectivity index (χ3v) is 5.83. The van der Waals surface area contributed by atoms with E-state index >= 15 is 0 Å². The topological polar surface area (TPSA) is 119 Å². The van der Waals surface area contributed by atoms with Crippen molar-refractivity contribution in [1.82, 2.24) is 15.0 Å². The minimum Gasteiger partial charge on any atom is -0.272 e. The lowest BCUT2D eigenvalue weighted by Crippen LogP contribution is -2.24. The average molecular weight is 474 g/mol. The molecule has 34 heavy (non-hydrogen) atoms. The van der Waals surface area contributed by atoms with E-state index in [1.165, 1.54) is 22.9 Å². The number of hydrazone groups is 1. The number of aromatic nitrogens is 2. The van der Waals surface area contributed by atoms with E-state index in [-0.39, 0.29) is 22.6 Å². The first-order valence-corrected chi connectivity index (χ1v) is 11.2. The number of carbonyl (C=O) groups is 1. The molecule has 0 saturated heterocycles. The van der Waals surface area contributed by atoms with Crippen molar-refractivity contribution in [2.45, 2.75) is 12.1 Å². The van der Waals surface area contributed by atoms with E-state index in [2.05, 4.69) is 15.5 Å². The number of hydrogen-bond donors (Lipinski definition) is 1. The van der Waals surface area contributed by atoms with Crippen molar-refractivity contribution in [3.8, 4) is 5.69 Å². The van der Waals surface area contributed by atoms with Crippen molar-refractivity contribution in [3.05, 3.63) is 104 Å². The van der Waals surface area contributed by atoms with Gasteiger partial charge in [-0.2, -0.15) is 5.10 Å². The number of nitrogens with zero attached hydrogens (tertiary/aromatic N) is 4. The van der Waals surface area contributed by atoms with Gasteiger partial charge in [-0.1, -0.05) is 53.7 Å². The van der Waals surface area contributed by atoms with Crippen LogP contribution in [0.5, 0.6) is 0 Å². The van der Waals surface area contributed by atoms with E-state index in [1.807, 2.05) is 31.2 Å². The van der Waals surface area contributed by atoms with Crippen LogP contribution in [0.3, 0.4) is 0 Å². The van der Waals surface area contributed by atoms with Crippen LogP contribution in [0.1, 0.15) is 11.1 Å². The molecular formula is C24H19N5O4S. The number of nitro groups is 1. The number of rotatable bonds is 7. The maximum Gasteiger partial charge on any atom is 0.278 e. The number of aryl methyl sites for hydroxylation is 1. The van der Waals surface area contributed by atoms with Gasteiger partial charge in [0.25, 0.3) is 17.2 Å². The first kappa shape index (κ1) is 22.9. The molecule has 9 nitrogen and oxygen atoms in total. The Balaban J connectivity index is 1.56. The molecule has 1 amide bonds. The second kappa shape index (κ2) is 10.1. The van der Waals surface area contributed by atoms with Crippen LogP contribution < -0.4 is 11.0 Å². The van der Waals surface area contributed by atoms with Gasteiger partial charge in [0.05, 0.1) is 39.0 Å². The maximum absolute atomic E-state index is 13.2. The number of para-hydroxylation sites is 2. The van der Waals surface area contributed by atoms with Gasteiger partial charge in [-0.15, -0.1) is 0 Å². The number of benzene rings is 3. The lowest BCUT2D eigenvalue weighted by Gasteiger charge is -2.13. The lowest BCUT2D eigenvalue weighted by atomic mass is 10.2. The fraction of sp³-hybridized carbons (Fsp3) is 0.0833. The second-order valence-electron chi connectivity index (χ2n) is 7.29. The zero-order valence-electron chi connectivity index (χ0n) is 18.0. The standard InChI is InChI=1S/C24H19N5O4S/c1-16-10-12-18(13-11-16)28-23(31)19-7-3-4-8-20(19)26-24(28)34-15-22(30)27-25-14-17-6-2-5-9-21(17)29(32)33/h2-14H,15H2,1H3,(H,27,30)/b25-14-. The summed E-state index contributed by atoms with van der Waals surface area (Å²) in [7, 11) is 0. The molecule has 1 N–H and O–H groups in total. The molecule has 0 atom stereocenters. The molecule has 1 heterocycles. The van der Waals surface area contributed by atoms with Crippen molar-refractivity contribution in [2.75, 3.05) is 5.75 Å². The molecular weight excluding hydrogens is 454 g/mol. The Hall–Kier alpha value is -4.31. The first-order valence-electron chi connectivity index (χ1n) is 10.2. The predicted octanol–water partition coefficient (Wildman–Crippen LogP) is 3.84. The molecule has 0 radical (unpaired) electrons. The Morgan fingerprint density at radius 2 is 1.82 bits per heavy atom. The Kier molecular flexibility index (Phi) is 6.79. The number of fused-ring (bicyclic) bond motifs is 1. The highest BCUT2D eigenvalue weighted by Crippen LogP contribution is 2.21. The molecule has 1 aromatic heterocycles. The Bertz CT molecular complexity index is 1460. The van der Waals surface area contributed by atoms with Gasteiger partial charge >= 0.3 is 0 Å². The zero-order chi connectivity index (χ0) is 24.1. The van der Waals surface area contributed by atoms with Crippen LogP contribution in [0.25, 0.3) is 16.6 Å². The Labute approximate surface area is 198 Å². The van der Waals surface area contributed by atoms with Crippen LogP contribution in [-0.4, -0.2) is 32.3 Å². The van der Waals surface area contributed by atoms with E-state index in [4.69, 9.17) is 0 Å². The second-order valence-corrected chi connectivity index (χ2v) is 8.23. The summed E-state index contributed by atoms with van der Waals surface area (Å²) in [6, 6.07) is 20.6. The molecule has 0 aliphatic carbocycles. The summed E-state index contributed by atoms with van der Waals surface area (Å²) in [5.41, 5.74) is 4.51. The van der Waals surface area contributed by atoms with Crippen LogP contribution in [0, 0.1) is 17.0 Å². The van der Waals surface area contributed by atoms with E-state index in [0.717, 1.165) is 17.3 Å². The molecule has 3 aromatic carbocycles. The minimum absolute atomic E-state index is 0.0646. The average Bonchev–Trinajstić information content (AvgIpc) is 2.84. The maximum atomic E-state index is 13.2. The molecule has 4 aromatic rings. The summed E-state index contributed by atoms with van der Waals surface area (Å²) >= 11 is 1.10. The molecule has 4 rings (SSSR count). The summed E-state index contributed by atoms with van der Waals surface area (Å²) in [5, 5.41) is 15.8. The van der Waals surface area contributed by atoms with Crippen molar-refractivity contribution in [1.29, 1.82) is 0 Å². The monoisotopic (exact) mass is 473 g/mol. The quantitative estimate of drug-likeness (QED) is 0.143. The summed E-state index contributed by atoms with van der Waals surface area (Å²) in [5.74, 6) is -0.511. The number of hydrogen-bond acceptors (Lipinski definition) is 7. The highest BCUT2D eigenvalue weighted by Gasteiger charge is 2.15.